The van der Waals surface area contributed by atoms with Crippen molar-refractivity contribution in [2.45, 2.75) is 45.9 Å². The summed E-state index contributed by atoms with van der Waals surface area (Å²) in [6.45, 7) is 3.75. The summed E-state index contributed by atoms with van der Waals surface area (Å²) in [6.07, 6.45) is -0.0473. The van der Waals surface area contributed by atoms with E-state index >= 15 is 0 Å². The summed E-state index contributed by atoms with van der Waals surface area (Å²) in [7, 11) is 0. The lowest BCUT2D eigenvalue weighted by Gasteiger charge is -2.08. The van der Waals surface area contributed by atoms with Gasteiger partial charge in [0.1, 0.15) is 12.2 Å². The minimum Gasteiger partial charge on any atom is -0.372 e. The van der Waals surface area contributed by atoms with E-state index in [0.717, 1.165) is 11.1 Å². The van der Waals surface area contributed by atoms with Gasteiger partial charge in [0.05, 0.1) is 17.7 Å². The topological polar surface area (TPSA) is 27.1 Å². The van der Waals surface area contributed by atoms with Gasteiger partial charge in [-0.25, -0.2) is 8.78 Å². The predicted octanol–water partition coefficient (Wildman–Crippen LogP) is 3.12. The average molecular weight is 253 g/mol. The zero-order chi connectivity index (χ0) is 12.1. The molecule has 3 nitrogen and oxygen atoms in total. The minimum atomic E-state index is -2.43. The van der Waals surface area contributed by atoms with Crippen molar-refractivity contribution in [1.29, 1.82) is 0 Å². The van der Waals surface area contributed by atoms with Crippen molar-refractivity contribution >= 4 is 11.6 Å². The maximum Gasteiger partial charge on any atom is 0.257 e. The molecule has 0 aromatic carbocycles. The van der Waals surface area contributed by atoms with E-state index in [1.54, 1.807) is 0 Å². The van der Waals surface area contributed by atoms with Crippen molar-refractivity contribution in [3.8, 4) is 0 Å². The third-order valence-corrected chi connectivity index (χ3v) is 2.51. The van der Waals surface area contributed by atoms with Gasteiger partial charge in [-0.05, 0) is 13.3 Å². The molecule has 0 amide bonds. The van der Waals surface area contributed by atoms with Crippen molar-refractivity contribution in [1.82, 2.24) is 9.78 Å². The lowest BCUT2D eigenvalue weighted by Crippen LogP contribution is -2.09. The molecule has 1 heterocycles. The third kappa shape index (κ3) is 4.06. The summed E-state index contributed by atoms with van der Waals surface area (Å²) in [5, 5.41) is 4.30. The lowest BCUT2D eigenvalue weighted by molar-refractivity contribution is 0.0482. The number of nitrogens with zero attached hydrogens (tertiary/aromatic N) is 2. The Labute approximate surface area is 98.3 Å². The first-order valence-corrected chi connectivity index (χ1v) is 5.52. The Bertz CT molecular complexity index is 331. The molecule has 16 heavy (non-hydrogen) atoms. The Morgan fingerprint density at radius 2 is 2.25 bits per heavy atom. The molecule has 0 aliphatic heterocycles. The van der Waals surface area contributed by atoms with Gasteiger partial charge in [-0.3, -0.25) is 4.68 Å². The van der Waals surface area contributed by atoms with Crippen LogP contribution in [0.3, 0.4) is 0 Å². The molecule has 0 saturated carbocycles. The van der Waals surface area contributed by atoms with Gasteiger partial charge in [0, 0.05) is 6.20 Å². The number of hydrogen-bond donors (Lipinski definition) is 0. The van der Waals surface area contributed by atoms with Crippen LogP contribution in [0.1, 0.15) is 26.0 Å². The van der Waals surface area contributed by atoms with Crippen LogP contribution in [0, 0.1) is 0 Å². The molecule has 1 rings (SSSR count). The maximum atomic E-state index is 12.1. The fraction of sp³-hybridized carbons (Fsp3) is 0.700. The fourth-order valence-electron chi connectivity index (χ4n) is 1.11. The second-order valence-corrected chi connectivity index (χ2v) is 3.97. The average Bonchev–Trinajstić information content (AvgIpc) is 2.54. The Balaban J connectivity index is 2.56. The molecule has 1 aromatic heterocycles. The number of halogens is 3. The number of alkyl halides is 2. The van der Waals surface area contributed by atoms with E-state index in [0.29, 0.717) is 10.7 Å². The van der Waals surface area contributed by atoms with E-state index in [-0.39, 0.29) is 12.7 Å². The van der Waals surface area contributed by atoms with Crippen molar-refractivity contribution < 1.29 is 13.5 Å². The minimum absolute atomic E-state index is 0.108. The molecule has 6 heteroatoms. The van der Waals surface area contributed by atoms with E-state index in [9.17, 15) is 8.78 Å². The Morgan fingerprint density at radius 1 is 1.56 bits per heavy atom. The van der Waals surface area contributed by atoms with Crippen molar-refractivity contribution in [3.63, 3.8) is 0 Å². The SMILES string of the molecule is CC[C@@H](C)OCc1nn(CC(F)F)cc1Cl. The van der Waals surface area contributed by atoms with Crippen LogP contribution in [0.4, 0.5) is 8.78 Å². The number of hydrogen-bond acceptors (Lipinski definition) is 2. The zero-order valence-corrected chi connectivity index (χ0v) is 10.0. The van der Waals surface area contributed by atoms with Gasteiger partial charge in [-0.1, -0.05) is 18.5 Å². The van der Waals surface area contributed by atoms with Crippen LogP contribution in [0.15, 0.2) is 6.20 Å². The van der Waals surface area contributed by atoms with Crippen molar-refractivity contribution in [2.75, 3.05) is 0 Å². The maximum absolute atomic E-state index is 12.1. The highest BCUT2D eigenvalue weighted by Crippen LogP contribution is 2.16. The van der Waals surface area contributed by atoms with Crippen LogP contribution < -0.4 is 0 Å². The van der Waals surface area contributed by atoms with Crippen molar-refractivity contribution in [3.05, 3.63) is 16.9 Å². The highest BCUT2D eigenvalue weighted by atomic mass is 35.5. The first-order valence-electron chi connectivity index (χ1n) is 5.14. The van der Waals surface area contributed by atoms with Gasteiger partial charge in [0.25, 0.3) is 6.43 Å². The Kier molecular flexibility index (Phi) is 5.15. The summed E-state index contributed by atoms with van der Waals surface area (Å²) in [5.74, 6) is 0. The van der Waals surface area contributed by atoms with Crippen molar-refractivity contribution in [2.24, 2.45) is 0 Å². The predicted molar refractivity (Wildman–Crippen MR) is 57.8 cm³/mol. The van der Waals surface area contributed by atoms with Gasteiger partial charge in [-0.15, -0.1) is 0 Å². The van der Waals surface area contributed by atoms with E-state index < -0.39 is 13.0 Å². The monoisotopic (exact) mass is 252 g/mol. The molecule has 0 aliphatic rings. The molecule has 0 spiro atoms. The first-order chi connectivity index (χ1) is 7.52. The molecule has 92 valence electrons. The van der Waals surface area contributed by atoms with E-state index in [1.165, 1.54) is 6.20 Å². The van der Waals surface area contributed by atoms with Gasteiger partial charge in [0.15, 0.2) is 0 Å². The summed E-state index contributed by atoms with van der Waals surface area (Å²) in [4.78, 5) is 0. The fourth-order valence-corrected chi connectivity index (χ4v) is 1.31. The molecule has 0 N–H and O–H groups in total. The summed E-state index contributed by atoms with van der Waals surface area (Å²) < 4.78 is 30.8. The number of aromatic nitrogens is 2. The summed E-state index contributed by atoms with van der Waals surface area (Å²) in [5.41, 5.74) is 0.502. The molecular formula is C10H15ClF2N2O. The Hall–Kier alpha value is -0.680. The number of ether oxygens (including phenoxy) is 1. The van der Waals surface area contributed by atoms with Crippen LogP contribution in [0.2, 0.25) is 5.02 Å². The van der Waals surface area contributed by atoms with Gasteiger partial charge >= 0.3 is 0 Å². The second-order valence-electron chi connectivity index (χ2n) is 3.57. The quantitative estimate of drug-likeness (QED) is 0.778. The highest BCUT2D eigenvalue weighted by molar-refractivity contribution is 6.31. The summed E-state index contributed by atoms with van der Waals surface area (Å²) >= 11 is 5.85. The van der Waals surface area contributed by atoms with Crippen LogP contribution in [0.25, 0.3) is 0 Å². The summed E-state index contributed by atoms with van der Waals surface area (Å²) in [6, 6.07) is 0. The lowest BCUT2D eigenvalue weighted by atomic mass is 10.3. The third-order valence-electron chi connectivity index (χ3n) is 2.19. The van der Waals surface area contributed by atoms with E-state index in [2.05, 4.69) is 5.10 Å². The molecule has 1 atom stereocenters. The molecule has 0 fully saturated rings. The van der Waals surface area contributed by atoms with Crippen LogP contribution >= 0.6 is 11.6 Å². The molecular weight excluding hydrogens is 238 g/mol. The van der Waals surface area contributed by atoms with Crippen LogP contribution in [-0.2, 0) is 17.9 Å². The molecule has 0 radical (unpaired) electrons. The zero-order valence-electron chi connectivity index (χ0n) is 9.29. The molecule has 0 bridgehead atoms. The molecule has 0 aliphatic carbocycles. The first kappa shape index (κ1) is 13.4. The number of rotatable bonds is 6. The van der Waals surface area contributed by atoms with Gasteiger partial charge in [0.2, 0.25) is 0 Å². The molecule has 1 aromatic rings. The standard InChI is InChI=1S/C10H15ClF2N2O/c1-3-7(2)16-6-9-8(11)4-15(14-9)5-10(12)13/h4,7,10H,3,5-6H2,1-2H3/t7-/m1/s1. The largest absolute Gasteiger partial charge is 0.372 e. The van der Waals surface area contributed by atoms with Crippen LogP contribution in [0.5, 0.6) is 0 Å². The Morgan fingerprint density at radius 3 is 2.81 bits per heavy atom. The van der Waals surface area contributed by atoms with E-state index in [1.807, 2.05) is 13.8 Å². The second kappa shape index (κ2) is 6.15. The van der Waals surface area contributed by atoms with Gasteiger partial charge in [-0.2, -0.15) is 5.10 Å². The molecule has 0 unspecified atom stereocenters. The normalized spacial score (nSPS) is 13.4. The van der Waals surface area contributed by atoms with E-state index in [4.69, 9.17) is 16.3 Å². The van der Waals surface area contributed by atoms with Gasteiger partial charge < -0.3 is 4.74 Å². The smallest absolute Gasteiger partial charge is 0.257 e. The molecule has 0 saturated heterocycles. The highest BCUT2D eigenvalue weighted by Gasteiger charge is 2.11. The van der Waals surface area contributed by atoms with Crippen LogP contribution in [-0.4, -0.2) is 22.3 Å².